The van der Waals surface area contributed by atoms with Crippen molar-refractivity contribution in [3.63, 3.8) is 0 Å². The zero-order valence-corrected chi connectivity index (χ0v) is 10.7. The van der Waals surface area contributed by atoms with Gasteiger partial charge in [0.1, 0.15) is 5.75 Å². The molecule has 0 fully saturated rings. The number of amides is 1. The topological polar surface area (TPSA) is 78.4 Å². The van der Waals surface area contributed by atoms with E-state index in [1.54, 1.807) is 35.9 Å². The highest BCUT2D eigenvalue weighted by atomic mass is 79.9. The molecule has 0 saturated carbocycles. The van der Waals surface area contributed by atoms with Crippen LogP contribution >= 0.6 is 15.9 Å². The molecule has 0 atom stereocenters. The maximum absolute atomic E-state index is 11.6. The molecule has 4 N–H and O–H groups in total. The molecule has 1 aliphatic heterocycles. The highest BCUT2D eigenvalue weighted by Gasteiger charge is 2.29. The SMILES string of the molecule is C[N+]1=C(N)NC(=O)C1=Cc1cc(O)ccc1Br. The van der Waals surface area contributed by atoms with E-state index in [1.165, 1.54) is 0 Å². The lowest BCUT2D eigenvalue weighted by Gasteiger charge is -2.01. The Balaban J connectivity index is 2.50. The zero-order valence-electron chi connectivity index (χ0n) is 9.07. The average Bonchev–Trinajstić information content (AvgIpc) is 2.50. The maximum Gasteiger partial charge on any atom is 0.356 e. The fourth-order valence-corrected chi connectivity index (χ4v) is 1.86. The van der Waals surface area contributed by atoms with Gasteiger partial charge in [-0.2, -0.15) is 0 Å². The van der Waals surface area contributed by atoms with Crippen molar-refractivity contribution >= 4 is 33.9 Å². The monoisotopic (exact) mass is 296 g/mol. The van der Waals surface area contributed by atoms with E-state index < -0.39 is 0 Å². The van der Waals surface area contributed by atoms with Gasteiger partial charge < -0.3 is 5.11 Å². The van der Waals surface area contributed by atoms with Crippen LogP contribution in [0.25, 0.3) is 6.08 Å². The van der Waals surface area contributed by atoms with Crippen molar-refractivity contribution in [1.29, 1.82) is 0 Å². The Hall–Kier alpha value is -1.82. The minimum absolute atomic E-state index is 0.137. The molecule has 0 bridgehead atoms. The molecule has 0 aliphatic carbocycles. The maximum atomic E-state index is 11.6. The van der Waals surface area contributed by atoms with E-state index in [2.05, 4.69) is 21.2 Å². The lowest BCUT2D eigenvalue weighted by atomic mass is 10.2. The Morgan fingerprint density at radius 3 is 2.82 bits per heavy atom. The fraction of sp³-hybridized carbons (Fsp3) is 0.0909. The van der Waals surface area contributed by atoms with Crippen LogP contribution < -0.4 is 11.1 Å². The number of benzene rings is 1. The number of hydrogen-bond acceptors (Lipinski definition) is 3. The predicted molar refractivity (Wildman–Crippen MR) is 67.3 cm³/mol. The quantitative estimate of drug-likeness (QED) is 0.524. The largest absolute Gasteiger partial charge is 0.508 e. The van der Waals surface area contributed by atoms with E-state index in [0.717, 1.165) is 4.47 Å². The van der Waals surface area contributed by atoms with Crippen LogP contribution in [-0.4, -0.2) is 28.6 Å². The first-order valence-electron chi connectivity index (χ1n) is 4.87. The third kappa shape index (κ3) is 2.16. The molecule has 1 amide bonds. The number of phenols is 1. The molecule has 5 nitrogen and oxygen atoms in total. The first-order chi connectivity index (χ1) is 7.99. The highest BCUT2D eigenvalue weighted by Crippen LogP contribution is 2.24. The van der Waals surface area contributed by atoms with Gasteiger partial charge in [-0.15, -0.1) is 0 Å². The summed E-state index contributed by atoms with van der Waals surface area (Å²) >= 11 is 3.35. The normalized spacial score (nSPS) is 17.8. The minimum Gasteiger partial charge on any atom is -0.508 e. The van der Waals surface area contributed by atoms with Gasteiger partial charge in [-0.05, 0) is 29.8 Å². The van der Waals surface area contributed by atoms with E-state index in [1.807, 2.05) is 0 Å². The van der Waals surface area contributed by atoms with Gasteiger partial charge in [0, 0.05) is 4.47 Å². The summed E-state index contributed by atoms with van der Waals surface area (Å²) in [4.78, 5) is 11.6. The van der Waals surface area contributed by atoms with Crippen molar-refractivity contribution in [3.8, 4) is 5.75 Å². The van der Waals surface area contributed by atoms with Gasteiger partial charge in [-0.1, -0.05) is 15.9 Å². The molecule has 0 radical (unpaired) electrons. The van der Waals surface area contributed by atoms with Crippen LogP contribution in [0.5, 0.6) is 5.75 Å². The molecule has 1 aromatic carbocycles. The van der Waals surface area contributed by atoms with Crippen molar-refractivity contribution in [1.82, 2.24) is 5.32 Å². The number of carbonyl (C=O) groups is 1. The van der Waals surface area contributed by atoms with E-state index in [0.29, 0.717) is 11.3 Å². The molecule has 0 saturated heterocycles. The van der Waals surface area contributed by atoms with Crippen molar-refractivity contribution in [3.05, 3.63) is 33.9 Å². The van der Waals surface area contributed by atoms with Crippen molar-refractivity contribution in [2.24, 2.45) is 5.73 Å². The van der Waals surface area contributed by atoms with E-state index in [-0.39, 0.29) is 17.6 Å². The Morgan fingerprint density at radius 2 is 2.24 bits per heavy atom. The number of nitrogens with two attached hydrogens (primary N) is 1. The number of halogens is 1. The van der Waals surface area contributed by atoms with Crippen LogP contribution in [0.3, 0.4) is 0 Å². The molecule has 1 aromatic rings. The summed E-state index contributed by atoms with van der Waals surface area (Å²) in [5.74, 6) is 0.163. The molecular weight excluding hydrogens is 286 g/mol. The van der Waals surface area contributed by atoms with Gasteiger partial charge in [0.15, 0.2) is 5.70 Å². The zero-order chi connectivity index (χ0) is 12.6. The van der Waals surface area contributed by atoms with Crippen LogP contribution in [0.4, 0.5) is 0 Å². The second-order valence-electron chi connectivity index (χ2n) is 3.63. The molecule has 0 unspecified atom stereocenters. The second kappa shape index (κ2) is 4.21. The summed E-state index contributed by atoms with van der Waals surface area (Å²) in [5, 5.41) is 11.9. The second-order valence-corrected chi connectivity index (χ2v) is 4.49. The molecule has 6 heteroatoms. The lowest BCUT2D eigenvalue weighted by molar-refractivity contribution is -0.432. The number of nitrogens with zero attached hydrogens (tertiary/aromatic N) is 1. The third-order valence-corrected chi connectivity index (χ3v) is 3.19. The van der Waals surface area contributed by atoms with E-state index in [9.17, 15) is 9.90 Å². The molecule has 0 spiro atoms. The van der Waals surface area contributed by atoms with Crippen LogP contribution in [0.1, 0.15) is 5.56 Å². The summed E-state index contributed by atoms with van der Waals surface area (Å²) in [7, 11) is 1.69. The lowest BCUT2D eigenvalue weighted by Crippen LogP contribution is -2.32. The summed E-state index contributed by atoms with van der Waals surface area (Å²) in [5.41, 5.74) is 6.72. The van der Waals surface area contributed by atoms with Gasteiger partial charge in [-0.25, -0.2) is 14.7 Å². The molecule has 88 valence electrons. The predicted octanol–water partition coefficient (Wildman–Crippen LogP) is 0.582. The molecule has 1 aliphatic rings. The number of nitrogens with one attached hydrogen (secondary N) is 1. The highest BCUT2D eigenvalue weighted by molar-refractivity contribution is 9.10. The van der Waals surface area contributed by atoms with Crippen LogP contribution in [0, 0.1) is 0 Å². The van der Waals surface area contributed by atoms with Crippen LogP contribution in [0.2, 0.25) is 0 Å². The fourth-order valence-electron chi connectivity index (χ4n) is 1.50. The Morgan fingerprint density at radius 1 is 1.53 bits per heavy atom. The Bertz CT molecular complexity index is 564. The van der Waals surface area contributed by atoms with E-state index >= 15 is 0 Å². The van der Waals surface area contributed by atoms with E-state index in [4.69, 9.17) is 5.73 Å². The number of hydrogen-bond donors (Lipinski definition) is 3. The molecule has 2 rings (SSSR count). The number of aromatic hydroxyl groups is 1. The van der Waals surface area contributed by atoms with Crippen molar-refractivity contribution in [2.75, 3.05) is 7.05 Å². The first-order valence-corrected chi connectivity index (χ1v) is 5.66. The van der Waals surface area contributed by atoms with Gasteiger partial charge in [-0.3, -0.25) is 5.73 Å². The average molecular weight is 297 g/mol. The van der Waals surface area contributed by atoms with Crippen molar-refractivity contribution in [2.45, 2.75) is 0 Å². The Labute approximate surface area is 106 Å². The minimum atomic E-state index is -0.264. The molecular formula is C11H11BrN3O2+. The molecule has 0 aromatic heterocycles. The number of guanidine groups is 1. The van der Waals surface area contributed by atoms with Gasteiger partial charge in [0.2, 0.25) is 0 Å². The van der Waals surface area contributed by atoms with Gasteiger partial charge >= 0.3 is 11.9 Å². The standard InChI is InChI=1S/C11H10BrN3O2/c1-15-9(10(17)14-11(15)13)5-6-4-7(16)2-3-8(6)12/h2-5H,1H3,(H3,13,14,16,17)/p+1. The smallest absolute Gasteiger partial charge is 0.356 e. The number of rotatable bonds is 1. The molecule has 17 heavy (non-hydrogen) atoms. The number of phenolic OH excluding ortho intramolecular Hbond substituents is 1. The number of likely N-dealkylation sites (N-methyl/N-ethyl adjacent to an activating group) is 1. The van der Waals surface area contributed by atoms with Gasteiger partial charge in [0.25, 0.3) is 0 Å². The summed E-state index contributed by atoms with van der Waals surface area (Å²) < 4.78 is 2.34. The first kappa shape index (κ1) is 11.7. The van der Waals surface area contributed by atoms with Crippen molar-refractivity contribution < 1.29 is 14.5 Å². The molecule has 1 heterocycles. The van der Waals surface area contributed by atoms with Gasteiger partial charge in [0.05, 0.1) is 7.05 Å². The van der Waals surface area contributed by atoms with Crippen LogP contribution in [-0.2, 0) is 4.79 Å². The van der Waals surface area contributed by atoms with Crippen LogP contribution in [0.15, 0.2) is 28.4 Å². The summed E-state index contributed by atoms with van der Waals surface area (Å²) in [6.45, 7) is 0. The number of carbonyl (C=O) groups excluding carboxylic acids is 1. The third-order valence-electron chi connectivity index (χ3n) is 2.47. The Kier molecular flexibility index (Phi) is 2.89. The summed E-state index contributed by atoms with van der Waals surface area (Å²) in [6.07, 6.45) is 1.65. The summed E-state index contributed by atoms with van der Waals surface area (Å²) in [6, 6.07) is 4.83.